The number of nitrogens with two attached hydrogens (primary N) is 1. The fourth-order valence-corrected chi connectivity index (χ4v) is 2.05. The lowest BCUT2D eigenvalue weighted by molar-refractivity contribution is 0.101. The summed E-state index contributed by atoms with van der Waals surface area (Å²) in [6.45, 7) is 1.91. The summed E-state index contributed by atoms with van der Waals surface area (Å²) in [5.41, 5.74) is 7.63. The number of nitrogens with zero attached hydrogens (tertiary/aromatic N) is 2. The van der Waals surface area contributed by atoms with E-state index < -0.39 is 11.7 Å². The van der Waals surface area contributed by atoms with Crippen molar-refractivity contribution in [1.29, 1.82) is 0 Å². The van der Waals surface area contributed by atoms with Crippen LogP contribution in [0.5, 0.6) is 5.75 Å². The minimum Gasteiger partial charge on any atom is -0.494 e. The average molecular weight is 292 g/mol. The summed E-state index contributed by atoms with van der Waals surface area (Å²) in [7, 11) is 3.01. The van der Waals surface area contributed by atoms with Gasteiger partial charge in [-0.25, -0.2) is 4.39 Å². The zero-order valence-corrected chi connectivity index (χ0v) is 12.1. The molecule has 0 saturated carbocycles. The van der Waals surface area contributed by atoms with Crippen molar-refractivity contribution in [2.75, 3.05) is 18.2 Å². The lowest BCUT2D eigenvalue weighted by atomic mass is 10.2. The monoisotopic (exact) mass is 292 g/mol. The largest absolute Gasteiger partial charge is 0.494 e. The van der Waals surface area contributed by atoms with E-state index in [-0.39, 0.29) is 11.4 Å². The van der Waals surface area contributed by atoms with Crippen molar-refractivity contribution >= 4 is 17.3 Å². The van der Waals surface area contributed by atoms with Crippen LogP contribution < -0.4 is 15.8 Å². The molecule has 0 saturated heterocycles. The van der Waals surface area contributed by atoms with Gasteiger partial charge in [-0.3, -0.25) is 9.48 Å². The van der Waals surface area contributed by atoms with Crippen LogP contribution in [0.1, 0.15) is 23.1 Å². The Balaban J connectivity index is 2.28. The molecule has 112 valence electrons. The van der Waals surface area contributed by atoms with Gasteiger partial charge in [-0.1, -0.05) is 6.92 Å². The van der Waals surface area contributed by atoms with Gasteiger partial charge in [0.25, 0.3) is 5.91 Å². The number of hydrogen-bond acceptors (Lipinski definition) is 4. The fraction of sp³-hybridized carbons (Fsp3) is 0.286. The quantitative estimate of drug-likeness (QED) is 0.902. The molecule has 0 bridgehead atoms. The van der Waals surface area contributed by atoms with Gasteiger partial charge in [-0.15, -0.1) is 0 Å². The second kappa shape index (κ2) is 5.82. The normalized spacial score (nSPS) is 10.5. The Bertz CT molecular complexity index is 682. The van der Waals surface area contributed by atoms with Crippen LogP contribution in [-0.2, 0) is 13.5 Å². The molecule has 3 N–H and O–H groups in total. The van der Waals surface area contributed by atoms with Crippen LogP contribution in [0.2, 0.25) is 0 Å². The van der Waals surface area contributed by atoms with Gasteiger partial charge < -0.3 is 15.8 Å². The van der Waals surface area contributed by atoms with Crippen LogP contribution in [0.4, 0.5) is 15.8 Å². The van der Waals surface area contributed by atoms with E-state index in [9.17, 15) is 9.18 Å². The van der Waals surface area contributed by atoms with E-state index in [1.54, 1.807) is 7.05 Å². The summed E-state index contributed by atoms with van der Waals surface area (Å²) in [4.78, 5) is 12.3. The SMILES string of the molecule is CCc1nn(C)c(C(=O)Nc2ccc(F)c(OC)c2)c1N. The van der Waals surface area contributed by atoms with E-state index in [0.717, 1.165) is 0 Å². The number of aromatic nitrogens is 2. The molecule has 0 atom stereocenters. The molecule has 0 aliphatic rings. The number of amides is 1. The number of nitrogens with one attached hydrogen (secondary N) is 1. The molecule has 1 aromatic carbocycles. The van der Waals surface area contributed by atoms with Crippen LogP contribution in [-0.4, -0.2) is 22.8 Å². The maximum Gasteiger partial charge on any atom is 0.276 e. The number of ether oxygens (including phenoxy) is 1. The number of rotatable bonds is 4. The molecule has 0 fully saturated rings. The number of methoxy groups -OCH3 is 1. The van der Waals surface area contributed by atoms with Crippen molar-refractivity contribution in [3.8, 4) is 5.75 Å². The minimum absolute atomic E-state index is 0.0556. The number of carbonyl (C=O) groups excluding carboxylic acids is 1. The molecule has 0 radical (unpaired) electrons. The molecule has 2 rings (SSSR count). The maximum absolute atomic E-state index is 13.3. The van der Waals surface area contributed by atoms with Crippen molar-refractivity contribution in [1.82, 2.24) is 9.78 Å². The van der Waals surface area contributed by atoms with Gasteiger partial charge in [0.05, 0.1) is 18.5 Å². The van der Waals surface area contributed by atoms with Crippen molar-refractivity contribution < 1.29 is 13.9 Å². The molecular weight excluding hydrogens is 275 g/mol. The first-order valence-electron chi connectivity index (χ1n) is 6.44. The number of aryl methyl sites for hydroxylation is 2. The van der Waals surface area contributed by atoms with Crippen molar-refractivity contribution in [2.24, 2.45) is 7.05 Å². The van der Waals surface area contributed by atoms with E-state index in [1.807, 2.05) is 6.92 Å². The van der Waals surface area contributed by atoms with E-state index >= 15 is 0 Å². The number of hydrogen-bond donors (Lipinski definition) is 2. The zero-order chi connectivity index (χ0) is 15.6. The average Bonchev–Trinajstić information content (AvgIpc) is 2.75. The van der Waals surface area contributed by atoms with Gasteiger partial charge >= 0.3 is 0 Å². The van der Waals surface area contributed by atoms with Gasteiger partial charge in [0.15, 0.2) is 11.6 Å². The van der Waals surface area contributed by atoms with E-state index in [2.05, 4.69) is 10.4 Å². The van der Waals surface area contributed by atoms with Crippen LogP contribution >= 0.6 is 0 Å². The Hall–Kier alpha value is -2.57. The molecule has 0 aliphatic heterocycles. The molecule has 1 aromatic heterocycles. The maximum atomic E-state index is 13.3. The van der Waals surface area contributed by atoms with Crippen LogP contribution in [0.3, 0.4) is 0 Å². The van der Waals surface area contributed by atoms with Gasteiger partial charge in [0, 0.05) is 18.8 Å². The Kier molecular flexibility index (Phi) is 4.11. The predicted molar refractivity (Wildman–Crippen MR) is 77.9 cm³/mol. The molecule has 0 aliphatic carbocycles. The molecular formula is C14H17FN4O2. The second-order valence-corrected chi connectivity index (χ2v) is 4.49. The molecule has 0 spiro atoms. The Morgan fingerprint density at radius 2 is 2.24 bits per heavy atom. The van der Waals surface area contributed by atoms with Crippen molar-refractivity contribution in [2.45, 2.75) is 13.3 Å². The summed E-state index contributed by atoms with van der Waals surface area (Å²) in [5.74, 6) is -0.847. The standard InChI is InChI=1S/C14H17FN4O2/c1-4-10-12(16)13(19(2)18-10)14(20)17-8-5-6-9(15)11(7-8)21-3/h5-7H,4,16H2,1-3H3,(H,17,20). The molecule has 2 aromatic rings. The van der Waals surface area contributed by atoms with E-state index in [4.69, 9.17) is 10.5 Å². The van der Waals surface area contributed by atoms with Gasteiger partial charge in [-0.2, -0.15) is 5.10 Å². The lowest BCUT2D eigenvalue weighted by Gasteiger charge is -2.08. The third kappa shape index (κ3) is 2.81. The van der Waals surface area contributed by atoms with Crippen LogP contribution in [0.15, 0.2) is 18.2 Å². The molecule has 1 amide bonds. The molecule has 0 unspecified atom stereocenters. The first kappa shape index (κ1) is 14.8. The Labute approximate surface area is 121 Å². The fourth-order valence-electron chi connectivity index (χ4n) is 2.05. The number of halogens is 1. The Morgan fingerprint density at radius 1 is 1.52 bits per heavy atom. The second-order valence-electron chi connectivity index (χ2n) is 4.49. The van der Waals surface area contributed by atoms with E-state index in [0.29, 0.717) is 23.5 Å². The summed E-state index contributed by atoms with van der Waals surface area (Å²) >= 11 is 0. The number of nitrogen functional groups attached to an aromatic ring is 1. The van der Waals surface area contributed by atoms with Crippen molar-refractivity contribution in [3.63, 3.8) is 0 Å². The molecule has 21 heavy (non-hydrogen) atoms. The van der Waals surface area contributed by atoms with Crippen molar-refractivity contribution in [3.05, 3.63) is 35.4 Å². The first-order chi connectivity index (χ1) is 9.97. The topological polar surface area (TPSA) is 82.2 Å². The number of carbonyl (C=O) groups is 1. The zero-order valence-electron chi connectivity index (χ0n) is 12.1. The Morgan fingerprint density at radius 3 is 2.81 bits per heavy atom. The number of benzene rings is 1. The molecule has 6 nitrogen and oxygen atoms in total. The lowest BCUT2D eigenvalue weighted by Crippen LogP contribution is -2.17. The predicted octanol–water partition coefficient (Wildman–Crippen LogP) is 1.96. The highest BCUT2D eigenvalue weighted by atomic mass is 19.1. The minimum atomic E-state index is -0.496. The third-order valence-corrected chi connectivity index (χ3v) is 3.12. The smallest absolute Gasteiger partial charge is 0.276 e. The summed E-state index contributed by atoms with van der Waals surface area (Å²) in [6, 6.07) is 4.07. The van der Waals surface area contributed by atoms with Gasteiger partial charge in [0.2, 0.25) is 0 Å². The van der Waals surface area contributed by atoms with E-state index in [1.165, 1.54) is 30.0 Å². The summed E-state index contributed by atoms with van der Waals surface area (Å²) in [5, 5.41) is 6.84. The van der Waals surface area contributed by atoms with Gasteiger partial charge in [0.1, 0.15) is 5.69 Å². The molecule has 1 heterocycles. The highest BCUT2D eigenvalue weighted by Crippen LogP contribution is 2.23. The van der Waals surface area contributed by atoms with Crippen LogP contribution in [0, 0.1) is 5.82 Å². The molecule has 7 heteroatoms. The first-order valence-corrected chi connectivity index (χ1v) is 6.44. The van der Waals surface area contributed by atoms with Crippen LogP contribution in [0.25, 0.3) is 0 Å². The summed E-state index contributed by atoms with van der Waals surface area (Å²) < 4.78 is 19.6. The highest BCUT2D eigenvalue weighted by Gasteiger charge is 2.19. The van der Waals surface area contributed by atoms with Gasteiger partial charge in [-0.05, 0) is 18.6 Å². The highest BCUT2D eigenvalue weighted by molar-refractivity contribution is 6.06. The summed E-state index contributed by atoms with van der Waals surface area (Å²) in [6.07, 6.45) is 0.636. The third-order valence-electron chi connectivity index (χ3n) is 3.12. The number of anilines is 2.